The lowest BCUT2D eigenvalue weighted by molar-refractivity contribution is -0.119. The number of hydrogen-bond acceptors (Lipinski definition) is 4. The van der Waals surface area contributed by atoms with Crippen LogP contribution in [-0.2, 0) is 4.79 Å². The number of carbonyl (C=O) groups excluding carboxylic acids is 1. The van der Waals surface area contributed by atoms with Gasteiger partial charge in [-0.05, 0) is 64.0 Å². The van der Waals surface area contributed by atoms with Crippen LogP contribution < -0.4 is 5.63 Å². The summed E-state index contributed by atoms with van der Waals surface area (Å²) >= 11 is 0. The average Bonchev–Trinajstić information content (AvgIpc) is 2.67. The molecule has 1 aromatic heterocycles. The van der Waals surface area contributed by atoms with E-state index in [0.717, 1.165) is 29.6 Å². The molecular formula is C26H38O4. The van der Waals surface area contributed by atoms with Crippen molar-refractivity contribution in [3.05, 3.63) is 56.7 Å². The molecule has 0 bridgehead atoms. The van der Waals surface area contributed by atoms with Gasteiger partial charge in [-0.25, -0.2) is 4.79 Å². The summed E-state index contributed by atoms with van der Waals surface area (Å²) < 4.78 is 5.38. The highest BCUT2D eigenvalue weighted by Crippen LogP contribution is 2.27. The van der Waals surface area contributed by atoms with Crippen molar-refractivity contribution in [3.63, 3.8) is 0 Å². The summed E-state index contributed by atoms with van der Waals surface area (Å²) in [6, 6.07) is 0. The van der Waals surface area contributed by atoms with Crippen LogP contribution in [0.5, 0.6) is 5.75 Å². The molecule has 0 aliphatic heterocycles. The molecule has 0 aromatic carbocycles. The van der Waals surface area contributed by atoms with Gasteiger partial charge in [-0.1, -0.05) is 57.9 Å². The Kier molecular flexibility index (Phi) is 9.54. The van der Waals surface area contributed by atoms with Crippen LogP contribution in [0.4, 0.5) is 0 Å². The molecule has 1 aromatic rings. The van der Waals surface area contributed by atoms with Crippen LogP contribution in [0.1, 0.15) is 78.2 Å². The SMILES string of the molecule is CC[C@H](C)C[C@H](C)C(=O)C(C)=C[C@@H](C)C=C(C)C=C(C)c1oc(=O)c(C)c(O)c1C. The topological polar surface area (TPSA) is 67.5 Å². The molecule has 0 spiro atoms. The summed E-state index contributed by atoms with van der Waals surface area (Å²) in [5.74, 6) is 1.27. The van der Waals surface area contributed by atoms with Crippen LogP contribution in [0.25, 0.3) is 5.57 Å². The predicted octanol–water partition coefficient (Wildman–Crippen LogP) is 6.54. The van der Waals surface area contributed by atoms with E-state index in [1.165, 1.54) is 0 Å². The molecule has 0 aliphatic carbocycles. The number of carbonyl (C=O) groups is 1. The van der Waals surface area contributed by atoms with E-state index in [4.69, 9.17) is 4.42 Å². The van der Waals surface area contributed by atoms with Crippen molar-refractivity contribution < 1.29 is 14.3 Å². The number of allylic oxidation sites excluding steroid dienone is 6. The second kappa shape index (κ2) is 11.1. The van der Waals surface area contributed by atoms with Gasteiger partial charge in [0.2, 0.25) is 0 Å². The molecule has 3 atom stereocenters. The fraction of sp³-hybridized carbons (Fsp3) is 0.538. The maximum absolute atomic E-state index is 12.6. The van der Waals surface area contributed by atoms with Gasteiger partial charge in [-0.3, -0.25) is 4.79 Å². The summed E-state index contributed by atoms with van der Waals surface area (Å²) in [6.07, 6.45) is 8.00. The zero-order valence-corrected chi connectivity index (χ0v) is 20.1. The fourth-order valence-corrected chi connectivity index (χ4v) is 3.77. The Morgan fingerprint density at radius 3 is 2.23 bits per heavy atom. The Morgan fingerprint density at radius 2 is 1.67 bits per heavy atom. The lowest BCUT2D eigenvalue weighted by atomic mass is 9.88. The molecule has 30 heavy (non-hydrogen) atoms. The lowest BCUT2D eigenvalue weighted by Crippen LogP contribution is -2.15. The molecule has 1 N–H and O–H groups in total. The minimum Gasteiger partial charge on any atom is -0.507 e. The molecule has 0 fully saturated rings. The molecule has 0 radical (unpaired) electrons. The number of aromatic hydroxyl groups is 1. The summed E-state index contributed by atoms with van der Waals surface area (Å²) in [4.78, 5) is 24.5. The van der Waals surface area contributed by atoms with Crippen molar-refractivity contribution in [2.45, 2.75) is 75.2 Å². The largest absolute Gasteiger partial charge is 0.507 e. The molecule has 166 valence electrons. The smallest absolute Gasteiger partial charge is 0.342 e. The van der Waals surface area contributed by atoms with Crippen molar-refractivity contribution in [2.75, 3.05) is 0 Å². The first-order valence-corrected chi connectivity index (χ1v) is 10.8. The van der Waals surface area contributed by atoms with Gasteiger partial charge in [-0.15, -0.1) is 0 Å². The maximum atomic E-state index is 12.6. The van der Waals surface area contributed by atoms with Gasteiger partial charge in [-0.2, -0.15) is 0 Å². The predicted molar refractivity (Wildman–Crippen MR) is 125 cm³/mol. The van der Waals surface area contributed by atoms with Crippen LogP contribution in [0.3, 0.4) is 0 Å². The van der Waals surface area contributed by atoms with E-state index >= 15 is 0 Å². The molecular weight excluding hydrogens is 376 g/mol. The Hall–Kier alpha value is -2.36. The van der Waals surface area contributed by atoms with Gasteiger partial charge >= 0.3 is 5.63 Å². The third kappa shape index (κ3) is 6.86. The van der Waals surface area contributed by atoms with Crippen molar-refractivity contribution in [1.82, 2.24) is 0 Å². The van der Waals surface area contributed by atoms with Gasteiger partial charge < -0.3 is 9.52 Å². The van der Waals surface area contributed by atoms with Gasteiger partial charge in [0.1, 0.15) is 11.5 Å². The summed E-state index contributed by atoms with van der Waals surface area (Å²) in [5.41, 5.74) is 2.80. The number of rotatable bonds is 9. The molecule has 4 heteroatoms. The number of Topliss-reactive ketones (excluding diaryl/α,β-unsaturated/α-hetero) is 1. The Labute approximate surface area is 181 Å². The molecule has 0 saturated carbocycles. The van der Waals surface area contributed by atoms with E-state index in [1.54, 1.807) is 13.8 Å². The number of ketones is 1. The number of hydrogen-bond donors (Lipinski definition) is 1. The van der Waals surface area contributed by atoms with Crippen LogP contribution in [0.2, 0.25) is 0 Å². The van der Waals surface area contributed by atoms with Crippen molar-refractivity contribution in [1.29, 1.82) is 0 Å². The molecule has 0 saturated heterocycles. The van der Waals surface area contributed by atoms with Crippen LogP contribution in [0.15, 0.2) is 38.6 Å². The molecule has 1 rings (SSSR count). The molecule has 4 nitrogen and oxygen atoms in total. The Bertz CT molecular complexity index is 912. The normalized spacial score (nSPS) is 16.4. The van der Waals surface area contributed by atoms with Gasteiger partial charge in [0.25, 0.3) is 0 Å². The van der Waals surface area contributed by atoms with E-state index in [0.29, 0.717) is 17.2 Å². The third-order valence-corrected chi connectivity index (χ3v) is 5.68. The van der Waals surface area contributed by atoms with Crippen LogP contribution in [0, 0.1) is 31.6 Å². The quantitative estimate of drug-likeness (QED) is 0.368. The van der Waals surface area contributed by atoms with E-state index in [-0.39, 0.29) is 28.9 Å². The first-order chi connectivity index (χ1) is 13.9. The monoisotopic (exact) mass is 414 g/mol. The molecule has 1 heterocycles. The minimum absolute atomic E-state index is 0.0208. The van der Waals surface area contributed by atoms with Crippen molar-refractivity contribution >= 4 is 11.4 Å². The lowest BCUT2D eigenvalue weighted by Gasteiger charge is -2.15. The zero-order valence-electron chi connectivity index (χ0n) is 20.1. The fourth-order valence-electron chi connectivity index (χ4n) is 3.77. The van der Waals surface area contributed by atoms with E-state index in [9.17, 15) is 14.7 Å². The first kappa shape index (κ1) is 25.7. The molecule has 0 aliphatic rings. The van der Waals surface area contributed by atoms with Gasteiger partial charge in [0.15, 0.2) is 5.78 Å². The molecule has 0 unspecified atom stereocenters. The highest BCUT2D eigenvalue weighted by molar-refractivity contribution is 5.96. The van der Waals surface area contributed by atoms with E-state index in [2.05, 4.69) is 19.9 Å². The van der Waals surface area contributed by atoms with Crippen LogP contribution >= 0.6 is 0 Å². The van der Waals surface area contributed by atoms with Crippen molar-refractivity contribution in [2.24, 2.45) is 17.8 Å². The van der Waals surface area contributed by atoms with Gasteiger partial charge in [0.05, 0.1) is 5.56 Å². The molecule has 0 amide bonds. The second-order valence-corrected chi connectivity index (χ2v) is 8.78. The Morgan fingerprint density at radius 1 is 1.07 bits per heavy atom. The van der Waals surface area contributed by atoms with Crippen molar-refractivity contribution in [3.8, 4) is 5.75 Å². The summed E-state index contributed by atoms with van der Waals surface area (Å²) in [5, 5.41) is 10.1. The highest BCUT2D eigenvalue weighted by atomic mass is 16.4. The van der Waals surface area contributed by atoms with E-state index < -0.39 is 5.63 Å². The Balaban J connectivity index is 3.02. The maximum Gasteiger partial charge on any atom is 0.342 e. The average molecular weight is 415 g/mol. The zero-order chi connectivity index (χ0) is 23.2. The highest BCUT2D eigenvalue weighted by Gasteiger charge is 2.17. The first-order valence-electron chi connectivity index (χ1n) is 10.8. The standard InChI is InChI=1S/C26H38O4/c1-10-15(2)12-18(5)23(27)19(6)13-16(3)11-17(4)14-20(7)25-21(8)24(28)22(9)26(29)30-25/h11,13-16,18,28H,10,12H2,1-9H3/t15-,16-,18-/m0/s1. The second-order valence-electron chi connectivity index (χ2n) is 8.78. The van der Waals surface area contributed by atoms with E-state index in [1.807, 2.05) is 46.8 Å². The van der Waals surface area contributed by atoms with Crippen LogP contribution in [-0.4, -0.2) is 10.9 Å². The minimum atomic E-state index is -0.528. The van der Waals surface area contributed by atoms with Gasteiger partial charge in [0, 0.05) is 11.5 Å². The summed E-state index contributed by atoms with van der Waals surface area (Å²) in [7, 11) is 0. The third-order valence-electron chi connectivity index (χ3n) is 5.68. The summed E-state index contributed by atoms with van der Waals surface area (Å²) in [6.45, 7) is 17.4.